The van der Waals surface area contributed by atoms with Gasteiger partial charge in [0.25, 0.3) is 5.91 Å². The Balaban J connectivity index is 1.38. The van der Waals surface area contributed by atoms with Crippen LogP contribution >= 0.6 is 23.4 Å². The molecule has 3 aromatic carbocycles. The molecule has 3 heterocycles. The number of hydrazone groups is 1. The van der Waals surface area contributed by atoms with Crippen LogP contribution in [0.5, 0.6) is 0 Å². The van der Waals surface area contributed by atoms with Gasteiger partial charge >= 0.3 is 0 Å². The van der Waals surface area contributed by atoms with Gasteiger partial charge in [0.15, 0.2) is 5.84 Å². The Kier molecular flexibility index (Phi) is 5.59. The molecular formula is C28H20ClN5OS. The number of aryl methyl sites for hydroxylation is 1. The standard InChI is InChI=1S/C28H20ClN5OS/c1-17-7-6-8-18(13-17)15-33-16-19(20-9-3-5-12-24(20)33)14-22-25(30)34-28(31-26(22)35)36-27(32-34)21-10-2-4-11-23(21)29/h2-14,16,30H,15H2,1H3. The van der Waals surface area contributed by atoms with Crippen LogP contribution in [0.3, 0.4) is 0 Å². The third-order valence-electron chi connectivity index (χ3n) is 6.11. The number of carbonyl (C=O) groups excluding carboxylic acids is 1. The molecule has 6 rings (SSSR count). The number of nitrogens with zero attached hydrogens (tertiary/aromatic N) is 4. The average Bonchev–Trinajstić information content (AvgIpc) is 3.44. The van der Waals surface area contributed by atoms with E-state index in [1.807, 2.05) is 42.6 Å². The lowest BCUT2D eigenvalue weighted by molar-refractivity contribution is -0.114. The normalized spacial score (nSPS) is 16.5. The lowest BCUT2D eigenvalue weighted by Gasteiger charge is -2.20. The summed E-state index contributed by atoms with van der Waals surface area (Å²) in [6.45, 7) is 2.78. The monoisotopic (exact) mass is 509 g/mol. The Bertz CT molecular complexity index is 1670. The van der Waals surface area contributed by atoms with Crippen LogP contribution in [0.15, 0.2) is 94.7 Å². The molecule has 1 N–H and O–H groups in total. The zero-order chi connectivity index (χ0) is 24.8. The second-order valence-electron chi connectivity index (χ2n) is 8.62. The van der Waals surface area contributed by atoms with E-state index in [1.54, 1.807) is 12.1 Å². The van der Waals surface area contributed by atoms with Crippen LogP contribution in [0.4, 0.5) is 0 Å². The molecule has 8 heteroatoms. The van der Waals surface area contributed by atoms with Crippen LogP contribution in [0.25, 0.3) is 17.0 Å². The van der Waals surface area contributed by atoms with Crippen molar-refractivity contribution in [1.29, 1.82) is 5.41 Å². The quantitative estimate of drug-likeness (QED) is 0.327. The van der Waals surface area contributed by atoms with Crippen molar-refractivity contribution in [2.45, 2.75) is 13.5 Å². The number of hydrogen-bond acceptors (Lipinski definition) is 4. The summed E-state index contributed by atoms with van der Waals surface area (Å²) in [5, 5.41) is 17.3. The van der Waals surface area contributed by atoms with Crippen LogP contribution in [-0.4, -0.2) is 31.5 Å². The van der Waals surface area contributed by atoms with E-state index in [1.165, 1.54) is 27.9 Å². The van der Waals surface area contributed by atoms with E-state index in [4.69, 9.17) is 17.0 Å². The molecular weight excluding hydrogens is 490 g/mol. The van der Waals surface area contributed by atoms with E-state index in [0.717, 1.165) is 22.0 Å². The Morgan fingerprint density at radius 3 is 2.69 bits per heavy atom. The van der Waals surface area contributed by atoms with E-state index in [2.05, 4.69) is 51.9 Å². The highest BCUT2D eigenvalue weighted by Crippen LogP contribution is 2.34. The fraction of sp³-hybridized carbons (Fsp3) is 0.0714. The molecule has 4 aromatic rings. The number of para-hydroxylation sites is 1. The van der Waals surface area contributed by atoms with Gasteiger partial charge in [0, 0.05) is 34.8 Å². The minimum Gasteiger partial charge on any atom is -0.342 e. The molecule has 6 nitrogen and oxygen atoms in total. The molecule has 36 heavy (non-hydrogen) atoms. The minimum atomic E-state index is -0.454. The Labute approximate surface area is 217 Å². The molecule has 0 atom stereocenters. The fourth-order valence-electron chi connectivity index (χ4n) is 4.42. The maximum atomic E-state index is 13.0. The largest absolute Gasteiger partial charge is 0.342 e. The number of aliphatic imine (C=N–C) groups is 1. The third-order valence-corrected chi connectivity index (χ3v) is 7.38. The minimum absolute atomic E-state index is 0.00457. The van der Waals surface area contributed by atoms with Gasteiger partial charge in [0.1, 0.15) is 5.04 Å². The van der Waals surface area contributed by atoms with Crippen molar-refractivity contribution in [1.82, 2.24) is 9.58 Å². The van der Waals surface area contributed by atoms with Gasteiger partial charge in [-0.2, -0.15) is 15.1 Å². The van der Waals surface area contributed by atoms with E-state index in [9.17, 15) is 4.79 Å². The first-order chi connectivity index (χ1) is 17.5. The van der Waals surface area contributed by atoms with Crippen LogP contribution in [0, 0.1) is 12.3 Å². The van der Waals surface area contributed by atoms with Crippen molar-refractivity contribution in [3.63, 3.8) is 0 Å². The molecule has 0 spiro atoms. The van der Waals surface area contributed by atoms with Crippen LogP contribution in [0.1, 0.15) is 22.3 Å². The lowest BCUT2D eigenvalue weighted by Crippen LogP contribution is -2.35. The molecule has 0 aliphatic carbocycles. The number of aromatic nitrogens is 1. The predicted octanol–water partition coefficient (Wildman–Crippen LogP) is 6.32. The lowest BCUT2D eigenvalue weighted by atomic mass is 10.1. The van der Waals surface area contributed by atoms with Gasteiger partial charge in [-0.15, -0.1) is 0 Å². The number of benzene rings is 3. The number of carbonyl (C=O) groups is 1. The zero-order valence-electron chi connectivity index (χ0n) is 19.3. The van der Waals surface area contributed by atoms with E-state index < -0.39 is 5.91 Å². The van der Waals surface area contributed by atoms with Crippen molar-refractivity contribution in [3.05, 3.63) is 112 Å². The van der Waals surface area contributed by atoms with Crippen LogP contribution in [-0.2, 0) is 11.3 Å². The van der Waals surface area contributed by atoms with E-state index >= 15 is 0 Å². The Morgan fingerprint density at radius 1 is 1.06 bits per heavy atom. The topological polar surface area (TPSA) is 73.8 Å². The summed E-state index contributed by atoms with van der Waals surface area (Å²) in [7, 11) is 0. The summed E-state index contributed by atoms with van der Waals surface area (Å²) < 4.78 is 2.17. The highest BCUT2D eigenvalue weighted by molar-refractivity contribution is 8.27. The second-order valence-corrected chi connectivity index (χ2v) is 9.99. The van der Waals surface area contributed by atoms with Crippen LogP contribution in [0.2, 0.25) is 5.02 Å². The molecule has 2 aliphatic rings. The van der Waals surface area contributed by atoms with Gasteiger partial charge in [-0.25, -0.2) is 0 Å². The van der Waals surface area contributed by atoms with Crippen molar-refractivity contribution in [3.8, 4) is 0 Å². The summed E-state index contributed by atoms with van der Waals surface area (Å²) in [5.41, 5.74) is 5.25. The Hall–Kier alpha value is -3.94. The van der Waals surface area contributed by atoms with Crippen molar-refractivity contribution < 1.29 is 4.79 Å². The second kappa shape index (κ2) is 8.93. The molecule has 0 saturated heterocycles. The van der Waals surface area contributed by atoms with Gasteiger partial charge in [-0.1, -0.05) is 77.8 Å². The van der Waals surface area contributed by atoms with Crippen molar-refractivity contribution in [2.24, 2.45) is 10.1 Å². The number of halogens is 1. The number of amidine groups is 2. The van der Waals surface area contributed by atoms with Crippen molar-refractivity contribution in [2.75, 3.05) is 0 Å². The first-order valence-electron chi connectivity index (χ1n) is 11.4. The third kappa shape index (κ3) is 3.96. The van der Waals surface area contributed by atoms with Gasteiger partial charge in [0.05, 0.1) is 10.6 Å². The number of thioether (sulfide) groups is 1. The smallest absolute Gasteiger partial charge is 0.283 e. The first kappa shape index (κ1) is 22.5. The average molecular weight is 510 g/mol. The molecule has 0 radical (unpaired) electrons. The summed E-state index contributed by atoms with van der Waals surface area (Å²) in [5.74, 6) is -0.458. The maximum absolute atomic E-state index is 13.0. The highest BCUT2D eigenvalue weighted by atomic mass is 35.5. The summed E-state index contributed by atoms with van der Waals surface area (Å²) >= 11 is 7.58. The number of fused-ring (bicyclic) bond motifs is 2. The van der Waals surface area contributed by atoms with Crippen molar-refractivity contribution >= 4 is 62.3 Å². The Morgan fingerprint density at radius 2 is 1.86 bits per heavy atom. The zero-order valence-corrected chi connectivity index (χ0v) is 20.8. The molecule has 176 valence electrons. The number of rotatable bonds is 4. The maximum Gasteiger partial charge on any atom is 0.283 e. The molecule has 0 saturated carbocycles. The van der Waals surface area contributed by atoms with Gasteiger partial charge < -0.3 is 4.57 Å². The van der Waals surface area contributed by atoms with Gasteiger partial charge in [0.2, 0.25) is 5.17 Å². The van der Waals surface area contributed by atoms with E-state index in [-0.39, 0.29) is 11.4 Å². The van der Waals surface area contributed by atoms with Gasteiger partial charge in [-0.05, 0) is 42.5 Å². The first-order valence-corrected chi connectivity index (χ1v) is 12.6. The molecule has 1 aromatic heterocycles. The summed E-state index contributed by atoms with van der Waals surface area (Å²) in [6.07, 6.45) is 3.77. The molecule has 0 unspecified atom stereocenters. The fourth-order valence-corrected chi connectivity index (χ4v) is 5.63. The van der Waals surface area contributed by atoms with Gasteiger partial charge in [-0.3, -0.25) is 10.2 Å². The molecule has 1 amide bonds. The predicted molar refractivity (Wildman–Crippen MR) is 148 cm³/mol. The molecule has 2 aliphatic heterocycles. The number of amides is 1. The van der Waals surface area contributed by atoms with E-state index in [0.29, 0.717) is 21.8 Å². The number of nitrogens with one attached hydrogen (secondary N) is 1. The number of hydrogen-bond donors (Lipinski definition) is 1. The molecule has 0 bridgehead atoms. The summed E-state index contributed by atoms with van der Waals surface area (Å²) in [6, 6.07) is 23.8. The SMILES string of the molecule is Cc1cccc(Cn2cc(C=C3C(=N)N4N=C(c5ccccc5Cl)SC4=NC3=O)c3ccccc32)c1. The highest BCUT2D eigenvalue weighted by Gasteiger charge is 2.36. The summed E-state index contributed by atoms with van der Waals surface area (Å²) in [4.78, 5) is 17.2. The molecule has 0 fully saturated rings. The van der Waals surface area contributed by atoms with Crippen LogP contribution < -0.4 is 0 Å².